The minimum absolute atomic E-state index is 0.106. The third-order valence-electron chi connectivity index (χ3n) is 5.84. The highest BCUT2D eigenvalue weighted by atomic mass is 35.5. The molecule has 10 heteroatoms. The van der Waals surface area contributed by atoms with Crippen molar-refractivity contribution in [2.75, 3.05) is 0 Å². The van der Waals surface area contributed by atoms with Gasteiger partial charge in [0.05, 0.1) is 5.02 Å². The molecular formula is C27H16Cl2N2O5S. The molecule has 7 nitrogen and oxygen atoms in total. The number of benzene rings is 4. The van der Waals surface area contributed by atoms with Crippen LogP contribution < -0.4 is 9.46 Å². The molecule has 0 unspecified atom stereocenters. The Morgan fingerprint density at radius 1 is 0.838 bits per heavy atom. The third-order valence-corrected chi connectivity index (χ3v) is 7.89. The van der Waals surface area contributed by atoms with Crippen LogP contribution in [0.15, 0.2) is 94.2 Å². The first-order chi connectivity index (χ1) is 17.8. The van der Waals surface area contributed by atoms with Crippen LogP contribution in [-0.2, 0) is 10.0 Å². The van der Waals surface area contributed by atoms with Gasteiger partial charge in [-0.05, 0) is 60.7 Å². The zero-order chi connectivity index (χ0) is 25.7. The van der Waals surface area contributed by atoms with E-state index in [1.165, 1.54) is 24.3 Å². The van der Waals surface area contributed by atoms with Gasteiger partial charge in [0.1, 0.15) is 22.0 Å². The molecule has 0 radical (unpaired) electrons. The average molecular weight is 551 g/mol. The Morgan fingerprint density at radius 2 is 1.59 bits per heavy atom. The minimum Gasteiger partial charge on any atom is -0.457 e. The number of carbonyl (C=O) groups excluding carboxylic acids is 1. The largest absolute Gasteiger partial charge is 0.457 e. The highest BCUT2D eigenvalue weighted by molar-refractivity contribution is 7.90. The van der Waals surface area contributed by atoms with Crippen LogP contribution in [0.4, 0.5) is 0 Å². The number of ether oxygens (including phenoxy) is 1. The van der Waals surface area contributed by atoms with Crippen LogP contribution in [0, 0.1) is 0 Å². The summed E-state index contributed by atoms with van der Waals surface area (Å²) in [5, 5.41) is 2.89. The molecule has 4 aromatic carbocycles. The number of fused-ring (bicyclic) bond motifs is 4. The Kier molecular flexibility index (Phi) is 5.60. The van der Waals surface area contributed by atoms with Gasteiger partial charge in [0.2, 0.25) is 0 Å². The number of aromatic amines is 1. The Hall–Kier alpha value is -3.98. The van der Waals surface area contributed by atoms with E-state index in [4.69, 9.17) is 32.4 Å². The molecule has 2 N–H and O–H groups in total. The third kappa shape index (κ3) is 4.40. The highest BCUT2D eigenvalue weighted by Gasteiger charge is 2.24. The lowest BCUT2D eigenvalue weighted by atomic mass is 10.1. The molecule has 184 valence electrons. The maximum Gasteiger partial charge on any atom is 0.300 e. The summed E-state index contributed by atoms with van der Waals surface area (Å²) >= 11 is 11.8. The van der Waals surface area contributed by atoms with Gasteiger partial charge in [0.15, 0.2) is 5.76 Å². The standard InChI is InChI=1S/C27H16Cl2N2O5S/c28-16-6-10-26(21(29)12-16)37(33,34)31-27(32)25-11-15-5-7-18(14-24(15)36-25)35-17-8-9-23-20(13-17)19-3-1-2-4-22(19)30-23/h1-14,30H,(H,31,32). The van der Waals surface area contributed by atoms with E-state index in [-0.39, 0.29) is 20.7 Å². The van der Waals surface area contributed by atoms with E-state index < -0.39 is 15.9 Å². The fourth-order valence-corrected chi connectivity index (χ4v) is 5.86. The number of para-hydroxylation sites is 1. The molecule has 2 heterocycles. The molecule has 2 aromatic heterocycles. The van der Waals surface area contributed by atoms with Crippen LogP contribution >= 0.6 is 23.2 Å². The van der Waals surface area contributed by atoms with Gasteiger partial charge in [-0.15, -0.1) is 0 Å². The Bertz CT molecular complexity index is 1960. The molecule has 0 fully saturated rings. The topological polar surface area (TPSA) is 101 Å². The summed E-state index contributed by atoms with van der Waals surface area (Å²) in [7, 11) is -4.25. The first-order valence-electron chi connectivity index (χ1n) is 11.0. The van der Waals surface area contributed by atoms with Gasteiger partial charge >= 0.3 is 5.91 Å². The van der Waals surface area contributed by atoms with Gasteiger partial charge in [-0.3, -0.25) is 4.79 Å². The molecule has 37 heavy (non-hydrogen) atoms. The normalized spacial score (nSPS) is 11.8. The van der Waals surface area contributed by atoms with Crippen molar-refractivity contribution in [3.63, 3.8) is 0 Å². The van der Waals surface area contributed by atoms with Gasteiger partial charge in [-0.1, -0.05) is 41.4 Å². The second kappa shape index (κ2) is 8.85. The van der Waals surface area contributed by atoms with Crippen LogP contribution in [-0.4, -0.2) is 19.3 Å². The summed E-state index contributed by atoms with van der Waals surface area (Å²) in [6.07, 6.45) is 0. The van der Waals surface area contributed by atoms with Crippen molar-refractivity contribution in [3.05, 3.63) is 101 Å². The number of aromatic nitrogens is 1. The Labute approximate surface area is 220 Å². The lowest BCUT2D eigenvalue weighted by molar-refractivity contribution is 0.0956. The second-order valence-corrected chi connectivity index (χ2v) is 10.8. The van der Waals surface area contributed by atoms with E-state index in [1.807, 2.05) is 47.2 Å². The molecule has 0 aliphatic heterocycles. The van der Waals surface area contributed by atoms with Crippen LogP contribution in [0.3, 0.4) is 0 Å². The monoisotopic (exact) mass is 550 g/mol. The van der Waals surface area contributed by atoms with Gasteiger partial charge in [0.25, 0.3) is 10.0 Å². The van der Waals surface area contributed by atoms with Crippen molar-refractivity contribution in [1.29, 1.82) is 0 Å². The van der Waals surface area contributed by atoms with E-state index in [1.54, 1.807) is 18.2 Å². The van der Waals surface area contributed by atoms with E-state index in [0.29, 0.717) is 22.5 Å². The van der Waals surface area contributed by atoms with Gasteiger partial charge in [0, 0.05) is 38.3 Å². The number of nitrogens with one attached hydrogen (secondary N) is 2. The van der Waals surface area contributed by atoms with E-state index >= 15 is 0 Å². The van der Waals surface area contributed by atoms with Crippen LogP contribution in [0.5, 0.6) is 11.5 Å². The quantitative estimate of drug-likeness (QED) is 0.234. The number of amides is 1. The van der Waals surface area contributed by atoms with Crippen LogP contribution in [0.25, 0.3) is 32.8 Å². The molecule has 0 spiro atoms. The number of hydrogen-bond donors (Lipinski definition) is 2. The van der Waals surface area contributed by atoms with Crippen LogP contribution in [0.1, 0.15) is 10.6 Å². The SMILES string of the molecule is O=C(NS(=O)(=O)c1ccc(Cl)cc1Cl)c1cc2ccc(Oc3ccc4[nH]c5ccccc5c4c3)cc2o1. The summed E-state index contributed by atoms with van der Waals surface area (Å²) in [4.78, 5) is 15.8. The molecule has 0 saturated carbocycles. The molecule has 1 amide bonds. The van der Waals surface area contributed by atoms with Gasteiger partial charge in [-0.2, -0.15) is 0 Å². The zero-order valence-electron chi connectivity index (χ0n) is 18.8. The summed E-state index contributed by atoms with van der Waals surface area (Å²) < 4.78 is 39.0. The van der Waals surface area contributed by atoms with Crippen molar-refractivity contribution in [1.82, 2.24) is 9.71 Å². The van der Waals surface area contributed by atoms with Crippen LogP contribution in [0.2, 0.25) is 10.0 Å². The van der Waals surface area contributed by atoms with E-state index in [2.05, 4.69) is 4.98 Å². The predicted octanol–water partition coefficient (Wildman–Crippen LogP) is 7.29. The fraction of sp³-hybridized carbons (Fsp3) is 0. The number of rotatable bonds is 5. The summed E-state index contributed by atoms with van der Waals surface area (Å²) in [5.74, 6) is 0.0103. The van der Waals surface area contributed by atoms with Gasteiger partial charge in [-0.25, -0.2) is 13.1 Å². The fourth-order valence-electron chi connectivity index (χ4n) is 4.13. The maximum atomic E-state index is 12.7. The molecule has 6 aromatic rings. The van der Waals surface area contributed by atoms with Crippen molar-refractivity contribution >= 4 is 71.9 Å². The lowest BCUT2D eigenvalue weighted by Gasteiger charge is -2.07. The number of furan rings is 1. The van der Waals surface area contributed by atoms with Crippen molar-refractivity contribution in [2.24, 2.45) is 0 Å². The minimum atomic E-state index is -4.25. The van der Waals surface area contributed by atoms with Crippen molar-refractivity contribution in [2.45, 2.75) is 4.90 Å². The molecule has 0 atom stereocenters. The molecule has 0 aliphatic carbocycles. The van der Waals surface area contributed by atoms with E-state index in [0.717, 1.165) is 21.8 Å². The van der Waals surface area contributed by atoms with Gasteiger partial charge < -0.3 is 14.1 Å². The summed E-state index contributed by atoms with van der Waals surface area (Å²) in [6, 6.07) is 24.2. The first-order valence-corrected chi connectivity index (χ1v) is 13.2. The number of hydrogen-bond acceptors (Lipinski definition) is 5. The first kappa shape index (κ1) is 23.4. The highest BCUT2D eigenvalue weighted by Crippen LogP contribution is 2.32. The second-order valence-electron chi connectivity index (χ2n) is 8.30. The smallest absolute Gasteiger partial charge is 0.300 e. The van der Waals surface area contributed by atoms with Crippen molar-refractivity contribution in [3.8, 4) is 11.5 Å². The predicted molar refractivity (Wildman–Crippen MR) is 143 cm³/mol. The Balaban J connectivity index is 1.25. The Morgan fingerprint density at radius 3 is 2.43 bits per heavy atom. The molecule has 6 rings (SSSR count). The zero-order valence-corrected chi connectivity index (χ0v) is 21.1. The number of halogens is 2. The maximum absolute atomic E-state index is 12.7. The molecular weight excluding hydrogens is 535 g/mol. The lowest BCUT2D eigenvalue weighted by Crippen LogP contribution is -2.30. The molecule has 0 saturated heterocycles. The van der Waals surface area contributed by atoms with E-state index in [9.17, 15) is 13.2 Å². The number of H-pyrrole nitrogens is 1. The average Bonchev–Trinajstić information content (AvgIpc) is 3.44. The molecule has 0 aliphatic rings. The summed E-state index contributed by atoms with van der Waals surface area (Å²) in [6.45, 7) is 0. The summed E-state index contributed by atoms with van der Waals surface area (Å²) in [5.41, 5.74) is 2.40. The number of carbonyl (C=O) groups is 1. The molecule has 0 bridgehead atoms. The van der Waals surface area contributed by atoms with Crippen molar-refractivity contribution < 1.29 is 22.4 Å². The number of sulfonamides is 1.